The first-order valence-corrected chi connectivity index (χ1v) is 7.95. The molecule has 1 aromatic carbocycles. The first kappa shape index (κ1) is 15.0. The molecule has 3 rings (SSSR count). The van der Waals surface area contributed by atoms with Gasteiger partial charge in [-0.15, -0.1) is 0 Å². The van der Waals surface area contributed by atoms with Crippen LogP contribution in [0.1, 0.15) is 18.9 Å². The van der Waals surface area contributed by atoms with Crippen molar-refractivity contribution in [1.82, 2.24) is 4.90 Å². The van der Waals surface area contributed by atoms with Crippen LogP contribution in [-0.4, -0.2) is 49.6 Å². The minimum absolute atomic E-state index is 0.0378. The molecule has 2 amide bonds. The highest BCUT2D eigenvalue weighted by Crippen LogP contribution is 2.27. The maximum absolute atomic E-state index is 12.5. The van der Waals surface area contributed by atoms with Gasteiger partial charge in [-0.1, -0.05) is 19.1 Å². The van der Waals surface area contributed by atoms with Crippen LogP contribution in [0.25, 0.3) is 0 Å². The molecule has 22 heavy (non-hydrogen) atoms. The molecule has 118 valence electrons. The van der Waals surface area contributed by atoms with Gasteiger partial charge in [0.1, 0.15) is 0 Å². The van der Waals surface area contributed by atoms with Crippen molar-refractivity contribution in [2.45, 2.75) is 19.8 Å². The molecular formula is C17H22N2O3. The largest absolute Gasteiger partial charge is 0.378 e. The van der Waals surface area contributed by atoms with Crippen molar-refractivity contribution in [2.75, 3.05) is 37.7 Å². The van der Waals surface area contributed by atoms with Crippen molar-refractivity contribution in [3.8, 4) is 0 Å². The van der Waals surface area contributed by atoms with Gasteiger partial charge < -0.3 is 14.5 Å². The molecule has 2 aliphatic rings. The quantitative estimate of drug-likeness (QED) is 0.849. The molecule has 1 atom stereocenters. The second-order valence-corrected chi connectivity index (χ2v) is 5.86. The summed E-state index contributed by atoms with van der Waals surface area (Å²) in [5, 5.41) is 0. The normalized spacial score (nSPS) is 22.2. The van der Waals surface area contributed by atoms with E-state index in [9.17, 15) is 9.59 Å². The van der Waals surface area contributed by atoms with E-state index in [1.165, 1.54) is 5.56 Å². The number of anilines is 1. The Hall–Kier alpha value is -1.88. The molecule has 0 spiro atoms. The van der Waals surface area contributed by atoms with Crippen molar-refractivity contribution in [2.24, 2.45) is 5.92 Å². The van der Waals surface area contributed by atoms with Crippen molar-refractivity contribution in [3.05, 3.63) is 29.8 Å². The van der Waals surface area contributed by atoms with E-state index in [0.29, 0.717) is 39.3 Å². The average molecular weight is 302 g/mol. The van der Waals surface area contributed by atoms with Crippen LogP contribution in [0.15, 0.2) is 24.3 Å². The summed E-state index contributed by atoms with van der Waals surface area (Å²) in [6, 6.07) is 8.02. The summed E-state index contributed by atoms with van der Waals surface area (Å²) < 4.78 is 5.27. The summed E-state index contributed by atoms with van der Waals surface area (Å²) in [7, 11) is 0. The second kappa shape index (κ2) is 6.48. The standard InChI is InChI=1S/C17H22N2O3/c1-2-13-3-5-15(6-4-13)19-12-14(11-16(19)20)17(21)18-7-9-22-10-8-18/h3-6,14H,2,7-12H2,1H3/t14-/m1/s1. The Balaban J connectivity index is 1.68. The topological polar surface area (TPSA) is 49.9 Å². The molecule has 0 unspecified atom stereocenters. The number of hydrogen-bond donors (Lipinski definition) is 0. The number of ether oxygens (including phenoxy) is 1. The van der Waals surface area contributed by atoms with E-state index < -0.39 is 0 Å². The maximum atomic E-state index is 12.5. The third kappa shape index (κ3) is 2.99. The fourth-order valence-electron chi connectivity index (χ4n) is 3.08. The molecule has 0 N–H and O–H groups in total. The maximum Gasteiger partial charge on any atom is 0.228 e. The summed E-state index contributed by atoms with van der Waals surface area (Å²) in [5.41, 5.74) is 2.14. The van der Waals surface area contributed by atoms with Crippen molar-refractivity contribution < 1.29 is 14.3 Å². The monoisotopic (exact) mass is 302 g/mol. The zero-order valence-electron chi connectivity index (χ0n) is 13.0. The molecule has 5 heteroatoms. The molecular weight excluding hydrogens is 280 g/mol. The Labute approximate surface area is 130 Å². The van der Waals surface area contributed by atoms with Crippen LogP contribution >= 0.6 is 0 Å². The van der Waals surface area contributed by atoms with Gasteiger partial charge in [-0.05, 0) is 24.1 Å². The Bertz CT molecular complexity index is 550. The van der Waals surface area contributed by atoms with Crippen LogP contribution in [0.5, 0.6) is 0 Å². The lowest BCUT2D eigenvalue weighted by molar-refractivity contribution is -0.139. The fourth-order valence-corrected chi connectivity index (χ4v) is 3.08. The van der Waals surface area contributed by atoms with Crippen LogP contribution in [-0.2, 0) is 20.7 Å². The zero-order chi connectivity index (χ0) is 15.5. The highest BCUT2D eigenvalue weighted by Gasteiger charge is 2.37. The molecule has 2 fully saturated rings. The first-order valence-electron chi connectivity index (χ1n) is 7.95. The zero-order valence-corrected chi connectivity index (χ0v) is 13.0. The van der Waals surface area contributed by atoms with E-state index in [-0.39, 0.29) is 17.7 Å². The minimum Gasteiger partial charge on any atom is -0.378 e. The molecule has 0 radical (unpaired) electrons. The number of carbonyl (C=O) groups is 2. The van der Waals surface area contributed by atoms with E-state index in [1.54, 1.807) is 4.90 Å². The van der Waals surface area contributed by atoms with Crippen molar-refractivity contribution in [3.63, 3.8) is 0 Å². The molecule has 1 aromatic rings. The van der Waals surface area contributed by atoms with Gasteiger partial charge in [-0.3, -0.25) is 9.59 Å². The van der Waals surface area contributed by atoms with Gasteiger partial charge in [-0.2, -0.15) is 0 Å². The van der Waals surface area contributed by atoms with Gasteiger partial charge in [0.05, 0.1) is 19.1 Å². The van der Waals surface area contributed by atoms with Gasteiger partial charge >= 0.3 is 0 Å². The van der Waals surface area contributed by atoms with E-state index in [1.807, 2.05) is 29.2 Å². The smallest absolute Gasteiger partial charge is 0.228 e. The Kier molecular flexibility index (Phi) is 4.43. The molecule has 2 heterocycles. The molecule has 0 saturated carbocycles. The van der Waals surface area contributed by atoms with Gasteiger partial charge in [0.15, 0.2) is 0 Å². The number of carbonyl (C=O) groups excluding carboxylic acids is 2. The number of nitrogens with zero attached hydrogens (tertiary/aromatic N) is 2. The summed E-state index contributed by atoms with van der Waals surface area (Å²) in [6.07, 6.45) is 1.29. The predicted octanol–water partition coefficient (Wildman–Crippen LogP) is 1.46. The Morgan fingerprint density at radius 2 is 1.91 bits per heavy atom. The van der Waals surface area contributed by atoms with Crippen LogP contribution in [0.4, 0.5) is 5.69 Å². The molecule has 0 bridgehead atoms. The van der Waals surface area contributed by atoms with Crippen molar-refractivity contribution in [1.29, 1.82) is 0 Å². The second-order valence-electron chi connectivity index (χ2n) is 5.86. The van der Waals surface area contributed by atoms with E-state index >= 15 is 0 Å². The van der Waals surface area contributed by atoms with Gasteiger partial charge in [0.25, 0.3) is 0 Å². The summed E-state index contributed by atoms with van der Waals surface area (Å²) in [5.74, 6) is -0.100. The highest BCUT2D eigenvalue weighted by molar-refractivity contribution is 6.00. The summed E-state index contributed by atoms with van der Waals surface area (Å²) >= 11 is 0. The number of aryl methyl sites for hydroxylation is 1. The number of morpholine rings is 1. The average Bonchev–Trinajstić information content (AvgIpc) is 2.97. The van der Waals surface area contributed by atoms with Crippen LogP contribution in [0, 0.1) is 5.92 Å². The number of benzene rings is 1. The summed E-state index contributed by atoms with van der Waals surface area (Å²) in [6.45, 7) is 5.04. The van der Waals surface area contributed by atoms with E-state index in [2.05, 4.69) is 6.92 Å². The van der Waals surface area contributed by atoms with Crippen LogP contribution in [0.2, 0.25) is 0 Å². The molecule has 0 aliphatic carbocycles. The Morgan fingerprint density at radius 1 is 1.23 bits per heavy atom. The third-order valence-electron chi connectivity index (χ3n) is 4.45. The lowest BCUT2D eigenvalue weighted by Gasteiger charge is -2.29. The van der Waals surface area contributed by atoms with Crippen LogP contribution < -0.4 is 4.90 Å². The lowest BCUT2D eigenvalue weighted by Crippen LogP contribution is -2.44. The predicted molar refractivity (Wildman–Crippen MR) is 83.7 cm³/mol. The van der Waals surface area contributed by atoms with Crippen LogP contribution in [0.3, 0.4) is 0 Å². The minimum atomic E-state index is -0.226. The third-order valence-corrected chi connectivity index (χ3v) is 4.45. The van der Waals surface area contributed by atoms with Crippen molar-refractivity contribution >= 4 is 17.5 Å². The Morgan fingerprint density at radius 3 is 2.55 bits per heavy atom. The number of amides is 2. The molecule has 5 nitrogen and oxygen atoms in total. The summed E-state index contributed by atoms with van der Waals surface area (Å²) in [4.78, 5) is 28.3. The van der Waals surface area contributed by atoms with Gasteiger partial charge in [-0.25, -0.2) is 0 Å². The van der Waals surface area contributed by atoms with Gasteiger partial charge in [0.2, 0.25) is 11.8 Å². The molecule has 2 saturated heterocycles. The first-order chi connectivity index (χ1) is 10.7. The highest BCUT2D eigenvalue weighted by atomic mass is 16.5. The lowest BCUT2D eigenvalue weighted by atomic mass is 10.1. The molecule has 0 aromatic heterocycles. The number of hydrogen-bond acceptors (Lipinski definition) is 3. The van der Waals surface area contributed by atoms with Gasteiger partial charge in [0, 0.05) is 31.7 Å². The SMILES string of the molecule is CCc1ccc(N2C[C@H](C(=O)N3CCOCC3)CC2=O)cc1. The molecule has 2 aliphatic heterocycles. The number of rotatable bonds is 3. The fraction of sp³-hybridized carbons (Fsp3) is 0.529. The van der Waals surface area contributed by atoms with E-state index in [0.717, 1.165) is 12.1 Å². The van der Waals surface area contributed by atoms with E-state index in [4.69, 9.17) is 4.74 Å².